The third-order valence-electron chi connectivity index (χ3n) is 6.45. The van der Waals surface area contributed by atoms with Crippen LogP contribution in [0.5, 0.6) is 0 Å². The molecular formula is C25H43NO. The Balaban J connectivity index is 1.74. The molecule has 2 aliphatic rings. The lowest BCUT2D eigenvalue weighted by Gasteiger charge is -2.18. The Hall–Kier alpha value is -0.860. The highest BCUT2D eigenvalue weighted by Crippen LogP contribution is 2.48. The predicted molar refractivity (Wildman–Crippen MR) is 118 cm³/mol. The zero-order valence-electron chi connectivity index (χ0n) is 18.2. The molecule has 1 saturated carbocycles. The van der Waals surface area contributed by atoms with Crippen molar-refractivity contribution < 1.29 is 5.11 Å². The first-order valence-corrected chi connectivity index (χ1v) is 11.4. The summed E-state index contributed by atoms with van der Waals surface area (Å²) >= 11 is 0. The Labute approximate surface area is 168 Å². The Morgan fingerprint density at radius 3 is 2.74 bits per heavy atom. The van der Waals surface area contributed by atoms with E-state index in [1.807, 2.05) is 0 Å². The highest BCUT2D eigenvalue weighted by molar-refractivity contribution is 5.21. The average molecular weight is 374 g/mol. The largest absolute Gasteiger partial charge is 0.392 e. The fraction of sp³-hybridized carbons (Fsp3) is 0.760. The number of allylic oxidation sites excluding steroid dienone is 5. The van der Waals surface area contributed by atoms with Crippen LogP contribution in [0, 0.1) is 23.7 Å². The maximum Gasteiger partial charge on any atom is 0.0611 e. The summed E-state index contributed by atoms with van der Waals surface area (Å²) in [4.78, 5) is 2.27. The topological polar surface area (TPSA) is 23.5 Å². The van der Waals surface area contributed by atoms with Crippen molar-refractivity contribution in [2.75, 3.05) is 20.6 Å². The molecule has 1 N–H and O–H groups in total. The quantitative estimate of drug-likeness (QED) is 0.258. The normalized spacial score (nSPS) is 29.2. The minimum absolute atomic E-state index is 0.153. The molecule has 0 amide bonds. The van der Waals surface area contributed by atoms with Crippen LogP contribution in [0.2, 0.25) is 0 Å². The van der Waals surface area contributed by atoms with Crippen LogP contribution in [0.3, 0.4) is 0 Å². The van der Waals surface area contributed by atoms with Crippen molar-refractivity contribution in [1.29, 1.82) is 0 Å². The van der Waals surface area contributed by atoms with E-state index >= 15 is 0 Å². The summed E-state index contributed by atoms with van der Waals surface area (Å²) in [5.74, 6) is 2.24. The van der Waals surface area contributed by atoms with Crippen molar-refractivity contribution in [3.05, 3.63) is 36.0 Å². The number of hydrogen-bond donors (Lipinski definition) is 1. The van der Waals surface area contributed by atoms with Gasteiger partial charge < -0.3 is 10.0 Å². The number of aliphatic hydroxyl groups excluding tert-OH is 1. The van der Waals surface area contributed by atoms with Crippen LogP contribution < -0.4 is 0 Å². The molecule has 0 unspecified atom stereocenters. The van der Waals surface area contributed by atoms with Crippen molar-refractivity contribution in [2.45, 2.75) is 77.7 Å². The van der Waals surface area contributed by atoms with Crippen molar-refractivity contribution in [2.24, 2.45) is 23.7 Å². The van der Waals surface area contributed by atoms with Gasteiger partial charge in [-0.3, -0.25) is 0 Å². The molecule has 0 aromatic rings. The van der Waals surface area contributed by atoms with Crippen LogP contribution in [0.15, 0.2) is 36.0 Å². The van der Waals surface area contributed by atoms with Gasteiger partial charge in [0.25, 0.3) is 0 Å². The first-order valence-electron chi connectivity index (χ1n) is 11.4. The Morgan fingerprint density at radius 2 is 2.00 bits per heavy atom. The number of unbranched alkanes of at least 4 members (excludes halogenated alkanes) is 3. The number of hydrogen-bond acceptors (Lipinski definition) is 2. The molecule has 0 radical (unpaired) electrons. The molecule has 0 aromatic heterocycles. The van der Waals surface area contributed by atoms with Crippen molar-refractivity contribution in [3.63, 3.8) is 0 Å². The van der Waals surface area contributed by atoms with Gasteiger partial charge in [-0.25, -0.2) is 0 Å². The highest BCUT2D eigenvalue weighted by Gasteiger charge is 2.42. The molecule has 1 fully saturated rings. The second kappa shape index (κ2) is 11.9. The standard InChI is InChI=1S/C25H43NO/c1-5-6-12-20(2)13-9-10-15-23-24-18-21(17-22(24)19-25(23)27)14-8-7-11-16-26(3)4/h9-10,13,15,17,20,22-25,27H,5-8,11-12,14,16,18-19H2,1-4H3/t20-,22+,23-,24+,25-/m1/s1. The van der Waals surface area contributed by atoms with E-state index in [2.05, 4.69) is 63.2 Å². The third kappa shape index (κ3) is 7.58. The van der Waals surface area contributed by atoms with Gasteiger partial charge >= 0.3 is 0 Å². The lowest BCUT2D eigenvalue weighted by molar-refractivity contribution is 0.141. The molecule has 0 saturated heterocycles. The lowest BCUT2D eigenvalue weighted by Crippen LogP contribution is -2.16. The van der Waals surface area contributed by atoms with Crippen LogP contribution >= 0.6 is 0 Å². The molecule has 154 valence electrons. The molecule has 2 heteroatoms. The van der Waals surface area contributed by atoms with Gasteiger partial charge in [0.1, 0.15) is 0 Å². The van der Waals surface area contributed by atoms with Gasteiger partial charge in [0.05, 0.1) is 6.10 Å². The number of fused-ring (bicyclic) bond motifs is 1. The van der Waals surface area contributed by atoms with E-state index in [4.69, 9.17) is 0 Å². The highest BCUT2D eigenvalue weighted by atomic mass is 16.3. The zero-order chi connectivity index (χ0) is 19.6. The summed E-state index contributed by atoms with van der Waals surface area (Å²) in [6.07, 6.45) is 22.6. The summed E-state index contributed by atoms with van der Waals surface area (Å²) in [5.41, 5.74) is 1.66. The minimum Gasteiger partial charge on any atom is -0.392 e. The summed E-state index contributed by atoms with van der Waals surface area (Å²) < 4.78 is 0. The van der Waals surface area contributed by atoms with E-state index in [1.165, 1.54) is 57.9 Å². The van der Waals surface area contributed by atoms with Gasteiger partial charge in [-0.2, -0.15) is 0 Å². The molecule has 0 aliphatic heterocycles. The van der Waals surface area contributed by atoms with Gasteiger partial charge in [0.15, 0.2) is 0 Å². The summed E-state index contributed by atoms with van der Waals surface area (Å²) in [5, 5.41) is 10.5. The van der Waals surface area contributed by atoms with Gasteiger partial charge in [-0.1, -0.05) is 69.1 Å². The first kappa shape index (κ1) is 22.4. The number of aliphatic hydroxyl groups is 1. The first-order chi connectivity index (χ1) is 13.0. The molecule has 0 bridgehead atoms. The molecule has 27 heavy (non-hydrogen) atoms. The van der Waals surface area contributed by atoms with E-state index in [1.54, 1.807) is 5.57 Å². The summed E-state index contributed by atoms with van der Waals surface area (Å²) in [6.45, 7) is 5.75. The molecule has 2 rings (SSSR count). The lowest BCUT2D eigenvalue weighted by atomic mass is 9.88. The molecule has 5 atom stereocenters. The van der Waals surface area contributed by atoms with Crippen molar-refractivity contribution in [3.8, 4) is 0 Å². The molecular weight excluding hydrogens is 330 g/mol. The van der Waals surface area contributed by atoms with Crippen LogP contribution in [-0.2, 0) is 0 Å². The van der Waals surface area contributed by atoms with Gasteiger partial charge in [-0.05, 0) is 76.9 Å². The molecule has 0 heterocycles. The van der Waals surface area contributed by atoms with Crippen LogP contribution in [-0.4, -0.2) is 36.8 Å². The fourth-order valence-corrected chi connectivity index (χ4v) is 4.82. The molecule has 2 aliphatic carbocycles. The van der Waals surface area contributed by atoms with Crippen molar-refractivity contribution in [1.82, 2.24) is 4.90 Å². The summed E-state index contributed by atoms with van der Waals surface area (Å²) in [6, 6.07) is 0. The third-order valence-corrected chi connectivity index (χ3v) is 6.45. The van der Waals surface area contributed by atoms with Crippen molar-refractivity contribution >= 4 is 0 Å². The molecule has 0 aromatic carbocycles. The Morgan fingerprint density at radius 1 is 1.19 bits per heavy atom. The van der Waals surface area contributed by atoms with Gasteiger partial charge in [0, 0.05) is 5.92 Å². The van der Waals surface area contributed by atoms with Crippen LogP contribution in [0.25, 0.3) is 0 Å². The van der Waals surface area contributed by atoms with Crippen LogP contribution in [0.1, 0.15) is 71.6 Å². The van der Waals surface area contributed by atoms with E-state index < -0.39 is 0 Å². The summed E-state index contributed by atoms with van der Waals surface area (Å²) in [7, 11) is 4.31. The van der Waals surface area contributed by atoms with E-state index in [0.29, 0.717) is 23.7 Å². The molecule has 2 nitrogen and oxygen atoms in total. The van der Waals surface area contributed by atoms with E-state index in [0.717, 1.165) is 6.42 Å². The maximum absolute atomic E-state index is 10.5. The maximum atomic E-state index is 10.5. The average Bonchev–Trinajstić information content (AvgIpc) is 3.13. The predicted octanol–water partition coefficient (Wildman–Crippen LogP) is 5.99. The van der Waals surface area contributed by atoms with Gasteiger partial charge in [0.2, 0.25) is 0 Å². The second-order valence-corrected chi connectivity index (χ2v) is 9.24. The number of nitrogens with zero attached hydrogens (tertiary/aromatic N) is 1. The Kier molecular flexibility index (Phi) is 9.86. The Bertz CT molecular complexity index is 504. The fourth-order valence-electron chi connectivity index (χ4n) is 4.82. The zero-order valence-corrected chi connectivity index (χ0v) is 18.2. The number of rotatable bonds is 12. The molecule has 0 spiro atoms. The second-order valence-electron chi connectivity index (χ2n) is 9.24. The smallest absolute Gasteiger partial charge is 0.0611 e. The van der Waals surface area contributed by atoms with E-state index in [-0.39, 0.29) is 6.10 Å². The monoisotopic (exact) mass is 373 g/mol. The SMILES string of the molecule is CCCC[C@@H](C)C=CC=C[C@@H]1[C@H]2CC(CCCCCN(C)C)=C[C@H]2C[C@H]1O. The minimum atomic E-state index is -0.153. The van der Waals surface area contributed by atoms with E-state index in [9.17, 15) is 5.11 Å². The van der Waals surface area contributed by atoms with Gasteiger partial charge in [-0.15, -0.1) is 0 Å². The van der Waals surface area contributed by atoms with Crippen LogP contribution in [0.4, 0.5) is 0 Å².